The normalized spacial score (nSPS) is 11.1. The minimum absolute atomic E-state index is 0.456. The largest absolute Gasteiger partial charge is 0.398 e. The van der Waals surface area contributed by atoms with Gasteiger partial charge in [0, 0.05) is 22.8 Å². The van der Waals surface area contributed by atoms with E-state index in [1.54, 1.807) is 22.9 Å². The lowest BCUT2D eigenvalue weighted by atomic mass is 10.1. The van der Waals surface area contributed by atoms with Gasteiger partial charge in [-0.2, -0.15) is 0 Å². The van der Waals surface area contributed by atoms with Crippen LogP contribution in [0.25, 0.3) is 11.4 Å². The number of halogens is 1. The number of hydrogen-bond acceptors (Lipinski definition) is 4. The zero-order chi connectivity index (χ0) is 12.4. The van der Waals surface area contributed by atoms with Crippen LogP contribution >= 0.6 is 11.6 Å². The first-order valence-electron chi connectivity index (χ1n) is 5.39. The molecule has 0 amide bonds. The Kier molecular flexibility index (Phi) is 3.28. The van der Waals surface area contributed by atoms with E-state index in [1.807, 2.05) is 0 Å². The van der Waals surface area contributed by atoms with E-state index in [-0.39, 0.29) is 0 Å². The van der Waals surface area contributed by atoms with Gasteiger partial charge in [-0.15, -0.1) is 5.10 Å². The summed E-state index contributed by atoms with van der Waals surface area (Å²) in [6.07, 6.45) is 0. The highest BCUT2D eigenvalue weighted by molar-refractivity contribution is 6.31. The highest BCUT2D eigenvalue weighted by Crippen LogP contribution is 2.27. The summed E-state index contributed by atoms with van der Waals surface area (Å²) in [5, 5.41) is 12.3. The molecule has 1 aromatic heterocycles. The molecule has 17 heavy (non-hydrogen) atoms. The second-order valence-electron chi connectivity index (χ2n) is 4.31. The van der Waals surface area contributed by atoms with E-state index in [1.165, 1.54) is 0 Å². The van der Waals surface area contributed by atoms with Gasteiger partial charge in [0.2, 0.25) is 0 Å². The molecule has 0 aliphatic heterocycles. The molecule has 2 rings (SSSR count). The number of anilines is 1. The smallest absolute Gasteiger partial charge is 0.184 e. The minimum atomic E-state index is 0.456. The SMILES string of the molecule is CC(C)Cn1nnnc1-c1cc(Cl)ccc1N. The molecule has 2 N–H and O–H groups in total. The average Bonchev–Trinajstić information content (AvgIpc) is 2.69. The van der Waals surface area contributed by atoms with Crippen LogP contribution in [0.3, 0.4) is 0 Å². The van der Waals surface area contributed by atoms with Crippen LogP contribution in [-0.4, -0.2) is 20.2 Å². The maximum absolute atomic E-state index is 5.96. The topological polar surface area (TPSA) is 69.6 Å². The summed E-state index contributed by atoms with van der Waals surface area (Å²) in [4.78, 5) is 0. The van der Waals surface area contributed by atoms with Crippen molar-refractivity contribution in [1.82, 2.24) is 20.2 Å². The molecular weight excluding hydrogens is 238 g/mol. The van der Waals surface area contributed by atoms with Crippen molar-refractivity contribution < 1.29 is 0 Å². The number of nitrogens with two attached hydrogens (primary N) is 1. The van der Waals surface area contributed by atoms with Crippen LogP contribution in [0, 0.1) is 5.92 Å². The van der Waals surface area contributed by atoms with Gasteiger partial charge >= 0.3 is 0 Å². The van der Waals surface area contributed by atoms with Gasteiger partial charge in [-0.05, 0) is 34.5 Å². The van der Waals surface area contributed by atoms with Crippen LogP contribution in [0.1, 0.15) is 13.8 Å². The van der Waals surface area contributed by atoms with Crippen molar-refractivity contribution in [2.24, 2.45) is 5.92 Å². The molecule has 0 aliphatic rings. The fraction of sp³-hybridized carbons (Fsp3) is 0.364. The second-order valence-corrected chi connectivity index (χ2v) is 4.75. The van der Waals surface area contributed by atoms with Crippen LogP contribution in [0.4, 0.5) is 5.69 Å². The second kappa shape index (κ2) is 4.71. The van der Waals surface area contributed by atoms with E-state index in [9.17, 15) is 0 Å². The molecule has 0 saturated heterocycles. The van der Waals surface area contributed by atoms with Crippen LogP contribution in [0.2, 0.25) is 5.02 Å². The number of nitrogens with zero attached hydrogens (tertiary/aromatic N) is 4. The zero-order valence-electron chi connectivity index (χ0n) is 9.76. The molecule has 2 aromatic rings. The Balaban J connectivity index is 2.45. The summed E-state index contributed by atoms with van der Waals surface area (Å²) in [5.74, 6) is 1.11. The Morgan fingerprint density at radius 3 is 2.88 bits per heavy atom. The van der Waals surface area contributed by atoms with Gasteiger partial charge in [-0.1, -0.05) is 25.4 Å². The number of hydrogen-bond donors (Lipinski definition) is 1. The van der Waals surface area contributed by atoms with E-state index in [4.69, 9.17) is 17.3 Å². The van der Waals surface area contributed by atoms with E-state index in [0.29, 0.717) is 22.5 Å². The lowest BCUT2D eigenvalue weighted by Gasteiger charge is -2.09. The molecule has 6 heteroatoms. The van der Waals surface area contributed by atoms with Gasteiger partial charge in [0.15, 0.2) is 5.82 Å². The maximum atomic E-state index is 5.96. The molecule has 0 radical (unpaired) electrons. The predicted octanol–water partition coefficient (Wildman–Crippen LogP) is 2.23. The fourth-order valence-electron chi connectivity index (χ4n) is 1.59. The van der Waals surface area contributed by atoms with Gasteiger partial charge in [0.1, 0.15) is 0 Å². The van der Waals surface area contributed by atoms with Crippen LogP contribution in [0.5, 0.6) is 0 Å². The van der Waals surface area contributed by atoms with E-state index in [2.05, 4.69) is 29.4 Å². The Hall–Kier alpha value is -1.62. The fourth-order valence-corrected chi connectivity index (χ4v) is 1.76. The minimum Gasteiger partial charge on any atom is -0.398 e. The molecule has 0 fully saturated rings. The quantitative estimate of drug-likeness (QED) is 0.850. The Morgan fingerprint density at radius 2 is 2.18 bits per heavy atom. The predicted molar refractivity (Wildman–Crippen MR) is 67.5 cm³/mol. The molecule has 1 aromatic carbocycles. The third kappa shape index (κ3) is 2.55. The Morgan fingerprint density at radius 1 is 1.41 bits per heavy atom. The van der Waals surface area contributed by atoms with E-state index < -0.39 is 0 Å². The Bertz CT molecular complexity index is 520. The summed E-state index contributed by atoms with van der Waals surface area (Å²) in [6, 6.07) is 5.28. The summed E-state index contributed by atoms with van der Waals surface area (Å²) in [6.45, 7) is 4.95. The average molecular weight is 252 g/mol. The van der Waals surface area contributed by atoms with Crippen LogP contribution < -0.4 is 5.73 Å². The number of rotatable bonds is 3. The standard InChI is InChI=1S/C11H14ClN5/c1-7(2)6-17-11(14-15-16-17)9-5-8(12)3-4-10(9)13/h3-5,7H,6,13H2,1-2H3. The molecule has 0 atom stereocenters. The molecule has 0 saturated carbocycles. The first-order valence-corrected chi connectivity index (χ1v) is 5.77. The maximum Gasteiger partial charge on any atom is 0.184 e. The molecule has 0 spiro atoms. The summed E-state index contributed by atoms with van der Waals surface area (Å²) < 4.78 is 1.74. The number of aromatic nitrogens is 4. The van der Waals surface area contributed by atoms with Crippen LogP contribution in [-0.2, 0) is 6.54 Å². The molecule has 0 unspecified atom stereocenters. The molecule has 90 valence electrons. The highest BCUT2D eigenvalue weighted by atomic mass is 35.5. The van der Waals surface area contributed by atoms with Crippen molar-refractivity contribution in [2.45, 2.75) is 20.4 Å². The molecule has 1 heterocycles. The van der Waals surface area contributed by atoms with Crippen molar-refractivity contribution in [1.29, 1.82) is 0 Å². The van der Waals surface area contributed by atoms with Crippen molar-refractivity contribution >= 4 is 17.3 Å². The number of tetrazole rings is 1. The van der Waals surface area contributed by atoms with Gasteiger partial charge in [0.05, 0.1) is 0 Å². The van der Waals surface area contributed by atoms with E-state index >= 15 is 0 Å². The molecular formula is C11H14ClN5. The summed E-state index contributed by atoms with van der Waals surface area (Å²) >= 11 is 5.96. The summed E-state index contributed by atoms with van der Waals surface area (Å²) in [7, 11) is 0. The highest BCUT2D eigenvalue weighted by Gasteiger charge is 2.13. The zero-order valence-corrected chi connectivity index (χ0v) is 10.5. The van der Waals surface area contributed by atoms with Crippen molar-refractivity contribution in [3.8, 4) is 11.4 Å². The third-order valence-electron chi connectivity index (χ3n) is 2.33. The number of nitrogen functional groups attached to an aromatic ring is 1. The first kappa shape index (κ1) is 11.9. The lowest BCUT2D eigenvalue weighted by Crippen LogP contribution is -2.08. The van der Waals surface area contributed by atoms with Gasteiger partial charge in [0.25, 0.3) is 0 Å². The van der Waals surface area contributed by atoms with Crippen molar-refractivity contribution in [3.63, 3.8) is 0 Å². The molecule has 0 bridgehead atoms. The first-order chi connectivity index (χ1) is 8.08. The Labute approximate surface area is 105 Å². The monoisotopic (exact) mass is 251 g/mol. The summed E-state index contributed by atoms with van der Waals surface area (Å²) in [5.41, 5.74) is 7.30. The van der Waals surface area contributed by atoms with Crippen molar-refractivity contribution in [2.75, 3.05) is 5.73 Å². The van der Waals surface area contributed by atoms with Crippen LogP contribution in [0.15, 0.2) is 18.2 Å². The van der Waals surface area contributed by atoms with Crippen molar-refractivity contribution in [3.05, 3.63) is 23.2 Å². The van der Waals surface area contributed by atoms with Gasteiger partial charge in [-0.25, -0.2) is 4.68 Å². The third-order valence-corrected chi connectivity index (χ3v) is 2.56. The molecule has 5 nitrogen and oxygen atoms in total. The van der Waals surface area contributed by atoms with Gasteiger partial charge < -0.3 is 5.73 Å². The lowest BCUT2D eigenvalue weighted by molar-refractivity contribution is 0.475. The van der Waals surface area contributed by atoms with E-state index in [0.717, 1.165) is 12.1 Å². The number of benzene rings is 1. The van der Waals surface area contributed by atoms with Gasteiger partial charge in [-0.3, -0.25) is 0 Å². The molecule has 0 aliphatic carbocycles.